The number of aryl methyl sites for hydroxylation is 3. The molecule has 0 aliphatic carbocycles. The maximum Gasteiger partial charge on any atom is 0.0151 e. The van der Waals surface area contributed by atoms with Crippen molar-refractivity contribution in [1.82, 2.24) is 9.80 Å². The molecule has 2 aromatic rings. The fourth-order valence-corrected chi connectivity index (χ4v) is 4.12. The first kappa shape index (κ1) is 22.0. The highest BCUT2D eigenvalue weighted by molar-refractivity contribution is 7.99. The quantitative estimate of drug-likeness (QED) is 0.643. The van der Waals surface area contributed by atoms with Crippen LogP contribution in [0.15, 0.2) is 52.3 Å². The van der Waals surface area contributed by atoms with Gasteiger partial charge in [-0.15, -0.1) is 0 Å². The van der Waals surface area contributed by atoms with Gasteiger partial charge in [0.2, 0.25) is 0 Å². The molecule has 0 radical (unpaired) electrons. The highest BCUT2D eigenvalue weighted by atomic mass is 32.2. The highest BCUT2D eigenvalue weighted by Gasteiger charge is 2.11. The molecule has 1 saturated heterocycles. The normalized spacial score (nSPS) is 15.3. The van der Waals surface area contributed by atoms with Crippen LogP contribution in [0.1, 0.15) is 36.5 Å². The van der Waals surface area contributed by atoms with Gasteiger partial charge in [-0.25, -0.2) is 0 Å². The predicted octanol–water partition coefficient (Wildman–Crippen LogP) is 5.80. The molecule has 0 spiro atoms. The Balaban J connectivity index is 0.000000208. The Kier molecular flexibility index (Phi) is 9.40. The minimum atomic E-state index is 1.25. The predicted molar refractivity (Wildman–Crippen MR) is 120 cm³/mol. The van der Waals surface area contributed by atoms with Crippen molar-refractivity contribution in [2.24, 2.45) is 0 Å². The molecule has 0 amide bonds. The molecule has 2 nitrogen and oxygen atoms in total. The van der Waals surface area contributed by atoms with Gasteiger partial charge in [-0.3, -0.25) is 0 Å². The first-order valence-electron chi connectivity index (χ1n) is 10.2. The Bertz CT molecular complexity index is 688. The van der Waals surface area contributed by atoms with E-state index in [1.54, 1.807) is 0 Å². The molecule has 0 bridgehead atoms. The molecule has 0 N–H and O–H groups in total. The van der Waals surface area contributed by atoms with Crippen molar-refractivity contribution in [3.8, 4) is 0 Å². The van der Waals surface area contributed by atoms with Crippen LogP contribution in [-0.4, -0.2) is 49.6 Å². The molecule has 27 heavy (non-hydrogen) atoms. The monoisotopic (exact) mass is 384 g/mol. The highest BCUT2D eigenvalue weighted by Crippen LogP contribution is 2.32. The molecule has 0 unspecified atom stereocenters. The third-order valence-electron chi connectivity index (χ3n) is 5.07. The molecule has 0 saturated carbocycles. The van der Waals surface area contributed by atoms with Crippen LogP contribution >= 0.6 is 11.8 Å². The summed E-state index contributed by atoms with van der Waals surface area (Å²) >= 11 is 1.85. The number of unbranched alkanes of at least 4 members (excludes halogenated alkanes) is 1. The van der Waals surface area contributed by atoms with E-state index in [4.69, 9.17) is 0 Å². The number of piperazine rings is 1. The molecule has 1 heterocycles. The van der Waals surface area contributed by atoms with E-state index in [0.717, 1.165) is 0 Å². The van der Waals surface area contributed by atoms with Crippen molar-refractivity contribution in [3.05, 3.63) is 59.2 Å². The second-order valence-electron chi connectivity index (χ2n) is 7.63. The molecule has 3 heteroatoms. The fraction of sp³-hybridized carbons (Fsp3) is 0.500. The average molecular weight is 385 g/mol. The van der Waals surface area contributed by atoms with Crippen molar-refractivity contribution in [1.29, 1.82) is 0 Å². The van der Waals surface area contributed by atoms with Crippen LogP contribution in [0.3, 0.4) is 0 Å². The minimum Gasteiger partial charge on any atom is -0.304 e. The van der Waals surface area contributed by atoms with Gasteiger partial charge in [0, 0.05) is 36.0 Å². The van der Waals surface area contributed by atoms with Gasteiger partial charge in [0.05, 0.1) is 0 Å². The largest absolute Gasteiger partial charge is 0.304 e. The first-order chi connectivity index (χ1) is 13.0. The molecule has 1 aliphatic heterocycles. The Morgan fingerprint density at radius 2 is 1.52 bits per heavy atom. The lowest BCUT2D eigenvalue weighted by atomic mass is 10.2. The lowest BCUT2D eigenvalue weighted by Gasteiger charge is -2.32. The Hall–Kier alpha value is -1.29. The molecular formula is C24H36N2S. The van der Waals surface area contributed by atoms with Gasteiger partial charge in [-0.2, -0.15) is 0 Å². The van der Waals surface area contributed by atoms with Crippen LogP contribution in [0, 0.1) is 20.8 Å². The van der Waals surface area contributed by atoms with Crippen LogP contribution in [-0.2, 0) is 0 Å². The molecular weight excluding hydrogens is 348 g/mol. The number of rotatable bonds is 5. The van der Waals surface area contributed by atoms with Crippen LogP contribution in [0.5, 0.6) is 0 Å². The van der Waals surface area contributed by atoms with E-state index in [9.17, 15) is 0 Å². The Labute approximate surface area is 171 Å². The Morgan fingerprint density at radius 1 is 0.852 bits per heavy atom. The summed E-state index contributed by atoms with van der Waals surface area (Å²) < 4.78 is 0. The zero-order valence-corrected chi connectivity index (χ0v) is 18.6. The van der Waals surface area contributed by atoms with Gasteiger partial charge in [-0.1, -0.05) is 61.0 Å². The van der Waals surface area contributed by atoms with Gasteiger partial charge < -0.3 is 9.80 Å². The summed E-state index contributed by atoms with van der Waals surface area (Å²) in [5.41, 5.74) is 4.02. The van der Waals surface area contributed by atoms with Crippen molar-refractivity contribution >= 4 is 11.8 Å². The van der Waals surface area contributed by atoms with Crippen molar-refractivity contribution < 1.29 is 0 Å². The van der Waals surface area contributed by atoms with Crippen LogP contribution in [0.25, 0.3) is 0 Å². The molecule has 0 atom stereocenters. The smallest absolute Gasteiger partial charge is 0.0151 e. The SMILES string of the molecule is CCCCN1CCN(C)CC1.Cc1ccc(Sc2ccccc2C)c(C)c1. The van der Waals surface area contributed by atoms with Crippen LogP contribution in [0.2, 0.25) is 0 Å². The van der Waals surface area contributed by atoms with Crippen molar-refractivity contribution in [2.45, 2.75) is 50.3 Å². The summed E-state index contributed by atoms with van der Waals surface area (Å²) in [6, 6.07) is 15.1. The van der Waals surface area contributed by atoms with Crippen molar-refractivity contribution in [2.75, 3.05) is 39.8 Å². The second-order valence-corrected chi connectivity index (χ2v) is 8.72. The summed E-state index contributed by atoms with van der Waals surface area (Å²) in [7, 11) is 2.21. The lowest BCUT2D eigenvalue weighted by Crippen LogP contribution is -2.44. The zero-order valence-electron chi connectivity index (χ0n) is 17.8. The average Bonchev–Trinajstić information content (AvgIpc) is 2.66. The molecule has 1 aliphatic rings. The zero-order chi connectivity index (χ0) is 19.6. The topological polar surface area (TPSA) is 6.48 Å². The van der Waals surface area contributed by atoms with Gasteiger partial charge in [-0.05, 0) is 64.0 Å². The van der Waals surface area contributed by atoms with E-state index in [1.165, 1.54) is 72.0 Å². The fourth-order valence-electron chi connectivity index (χ4n) is 3.16. The van der Waals surface area contributed by atoms with E-state index < -0.39 is 0 Å². The summed E-state index contributed by atoms with van der Waals surface area (Å²) in [5.74, 6) is 0. The third kappa shape index (κ3) is 7.69. The van der Waals surface area contributed by atoms with E-state index >= 15 is 0 Å². The summed E-state index contributed by atoms with van der Waals surface area (Å²) in [6.45, 7) is 15.1. The molecule has 3 rings (SSSR count). The molecule has 2 aromatic carbocycles. The Morgan fingerprint density at radius 3 is 2.15 bits per heavy atom. The number of hydrogen-bond acceptors (Lipinski definition) is 3. The molecule has 148 valence electrons. The van der Waals surface area contributed by atoms with Crippen molar-refractivity contribution in [3.63, 3.8) is 0 Å². The van der Waals surface area contributed by atoms with E-state index in [0.29, 0.717) is 0 Å². The van der Waals surface area contributed by atoms with Gasteiger partial charge in [0.1, 0.15) is 0 Å². The van der Waals surface area contributed by atoms with E-state index in [2.05, 4.69) is 87.0 Å². The van der Waals surface area contributed by atoms with Crippen LogP contribution < -0.4 is 0 Å². The van der Waals surface area contributed by atoms with Gasteiger partial charge >= 0.3 is 0 Å². The number of hydrogen-bond donors (Lipinski definition) is 0. The minimum absolute atomic E-state index is 1.25. The maximum atomic E-state index is 2.57. The second kappa shape index (κ2) is 11.5. The summed E-state index contributed by atoms with van der Waals surface area (Å²) in [4.78, 5) is 7.67. The number of nitrogens with zero attached hydrogens (tertiary/aromatic N) is 2. The molecule has 0 aromatic heterocycles. The molecule has 1 fully saturated rings. The van der Waals surface area contributed by atoms with E-state index in [-0.39, 0.29) is 0 Å². The van der Waals surface area contributed by atoms with E-state index in [1.807, 2.05) is 11.8 Å². The number of likely N-dealkylation sites (N-methyl/N-ethyl adjacent to an activating group) is 1. The summed E-state index contributed by atoms with van der Waals surface area (Å²) in [5, 5.41) is 0. The van der Waals surface area contributed by atoms with Crippen LogP contribution in [0.4, 0.5) is 0 Å². The summed E-state index contributed by atoms with van der Waals surface area (Å²) in [6.07, 6.45) is 2.69. The maximum absolute atomic E-state index is 2.57. The third-order valence-corrected chi connectivity index (χ3v) is 6.42. The van der Waals surface area contributed by atoms with Gasteiger partial charge in [0.15, 0.2) is 0 Å². The van der Waals surface area contributed by atoms with Gasteiger partial charge in [0.25, 0.3) is 0 Å². The first-order valence-corrected chi connectivity index (χ1v) is 11.0. The number of benzene rings is 2. The lowest BCUT2D eigenvalue weighted by molar-refractivity contribution is 0.152. The standard InChI is InChI=1S/C15H16S.C9H20N2/c1-11-8-9-15(13(3)10-11)16-14-7-5-4-6-12(14)2;1-3-4-5-11-8-6-10(2)7-9-11/h4-10H,1-3H3;3-9H2,1-2H3.